The van der Waals surface area contributed by atoms with Gasteiger partial charge in [-0.15, -0.1) is 0 Å². The number of hydrogen-bond acceptors (Lipinski definition) is 3. The van der Waals surface area contributed by atoms with Crippen molar-refractivity contribution in [1.82, 2.24) is 4.31 Å². The summed E-state index contributed by atoms with van der Waals surface area (Å²) in [7, 11) is 0. The summed E-state index contributed by atoms with van der Waals surface area (Å²) in [5, 5.41) is 0. The molecule has 0 radical (unpaired) electrons. The van der Waals surface area contributed by atoms with Crippen molar-refractivity contribution in [3.8, 4) is 0 Å². The molecule has 0 bridgehead atoms. The van der Waals surface area contributed by atoms with Crippen LogP contribution in [0.4, 0.5) is 0 Å². The van der Waals surface area contributed by atoms with Crippen LogP contribution in [0, 0.1) is 0 Å². The van der Waals surface area contributed by atoms with E-state index in [-0.39, 0.29) is 5.54 Å². The molecule has 0 N–H and O–H groups in total. The number of nitrogens with zero attached hydrogens (tertiary/aromatic N) is 1. The molecule has 1 aliphatic heterocycles. The molecule has 1 heterocycles. The van der Waals surface area contributed by atoms with E-state index in [0.717, 1.165) is 13.2 Å². The van der Waals surface area contributed by atoms with E-state index in [1.165, 1.54) is 12.2 Å². The third kappa shape index (κ3) is 1.85. The van der Waals surface area contributed by atoms with Gasteiger partial charge in [0.1, 0.15) is 0 Å². The molecule has 0 aliphatic carbocycles. The second-order valence-corrected chi connectivity index (χ2v) is 3.99. The average Bonchev–Trinajstić information content (AvgIpc) is 2.08. The molecule has 1 rings (SSSR count). The highest BCUT2D eigenvalue weighted by atomic mass is 32.2. The van der Waals surface area contributed by atoms with Crippen LogP contribution >= 0.6 is 12.2 Å². The molecule has 0 unspecified atom stereocenters. The topological polar surface area (TPSA) is 12.5 Å². The Kier molecular flexibility index (Phi) is 2.03. The molecule has 54 valence electrons. The van der Waals surface area contributed by atoms with Crippen molar-refractivity contribution in [2.45, 2.75) is 26.3 Å². The fourth-order valence-corrected chi connectivity index (χ4v) is 1.35. The lowest BCUT2D eigenvalue weighted by molar-refractivity contribution is 0.286. The molecule has 1 saturated heterocycles. The highest BCUT2D eigenvalue weighted by Crippen LogP contribution is 2.27. The van der Waals surface area contributed by atoms with Gasteiger partial charge in [0, 0.05) is 12.1 Å². The van der Waals surface area contributed by atoms with Crippen LogP contribution in [0.1, 0.15) is 20.8 Å². The van der Waals surface area contributed by atoms with Gasteiger partial charge in [-0.3, -0.25) is 4.18 Å². The number of hydrogen-bond donors (Lipinski definition) is 0. The molecule has 0 spiro atoms. The minimum absolute atomic E-state index is 0.251. The highest BCUT2D eigenvalue weighted by Gasteiger charge is 2.25. The molecule has 0 atom stereocenters. The third-order valence-electron chi connectivity index (χ3n) is 1.27. The van der Waals surface area contributed by atoms with Crippen molar-refractivity contribution in [2.75, 3.05) is 13.2 Å². The van der Waals surface area contributed by atoms with Crippen molar-refractivity contribution in [3.05, 3.63) is 0 Å². The molecule has 9 heavy (non-hydrogen) atoms. The fourth-order valence-electron chi connectivity index (χ4n) is 0.706. The van der Waals surface area contributed by atoms with Gasteiger partial charge in [-0.1, -0.05) is 0 Å². The molecular formula is C6H13NOS. The van der Waals surface area contributed by atoms with E-state index in [0.29, 0.717) is 0 Å². The first-order valence-corrected chi connectivity index (χ1v) is 3.88. The predicted octanol–water partition coefficient (Wildman–Crippen LogP) is 1.68. The summed E-state index contributed by atoms with van der Waals surface area (Å²) >= 11 is 1.48. The summed E-state index contributed by atoms with van der Waals surface area (Å²) in [6.07, 6.45) is 0. The Bertz CT molecular complexity index is 93.7. The molecule has 1 aliphatic rings. The van der Waals surface area contributed by atoms with Gasteiger partial charge in [0.15, 0.2) is 0 Å². The maximum absolute atomic E-state index is 5.13. The summed E-state index contributed by atoms with van der Waals surface area (Å²) in [6, 6.07) is 0. The van der Waals surface area contributed by atoms with Crippen LogP contribution in [0.5, 0.6) is 0 Å². The van der Waals surface area contributed by atoms with E-state index in [1.54, 1.807) is 0 Å². The Morgan fingerprint density at radius 2 is 2.11 bits per heavy atom. The Labute approximate surface area is 60.9 Å². The van der Waals surface area contributed by atoms with E-state index >= 15 is 0 Å². The van der Waals surface area contributed by atoms with E-state index < -0.39 is 0 Å². The van der Waals surface area contributed by atoms with Crippen LogP contribution in [0.3, 0.4) is 0 Å². The maximum atomic E-state index is 5.13. The van der Waals surface area contributed by atoms with Gasteiger partial charge in [-0.2, -0.15) is 0 Å². The first-order chi connectivity index (χ1) is 4.11. The van der Waals surface area contributed by atoms with Gasteiger partial charge in [-0.05, 0) is 20.8 Å². The SMILES string of the molecule is CC(C)(C)N1CCOS1. The van der Waals surface area contributed by atoms with Crippen molar-refractivity contribution in [1.29, 1.82) is 0 Å². The normalized spacial score (nSPS) is 23.0. The van der Waals surface area contributed by atoms with E-state index in [4.69, 9.17) is 4.18 Å². The zero-order valence-corrected chi connectivity index (χ0v) is 6.99. The van der Waals surface area contributed by atoms with Crippen molar-refractivity contribution >= 4 is 12.2 Å². The lowest BCUT2D eigenvalue weighted by atomic mass is 10.1. The Balaban J connectivity index is 2.42. The van der Waals surface area contributed by atoms with Gasteiger partial charge < -0.3 is 0 Å². The van der Waals surface area contributed by atoms with Gasteiger partial charge in [0.2, 0.25) is 0 Å². The molecule has 0 aromatic heterocycles. The predicted molar refractivity (Wildman–Crippen MR) is 40.0 cm³/mol. The van der Waals surface area contributed by atoms with Crippen LogP contribution in [0.2, 0.25) is 0 Å². The largest absolute Gasteiger partial charge is 0.300 e. The molecule has 3 heteroatoms. The summed E-state index contributed by atoms with van der Waals surface area (Å²) < 4.78 is 7.37. The summed E-state index contributed by atoms with van der Waals surface area (Å²) in [6.45, 7) is 8.48. The summed E-state index contributed by atoms with van der Waals surface area (Å²) in [4.78, 5) is 0. The van der Waals surface area contributed by atoms with Gasteiger partial charge in [-0.25, -0.2) is 4.31 Å². The van der Waals surface area contributed by atoms with E-state index in [1.807, 2.05) is 0 Å². The molecule has 0 aromatic rings. The smallest absolute Gasteiger partial charge is 0.0825 e. The second-order valence-electron chi connectivity index (χ2n) is 3.17. The molecular weight excluding hydrogens is 134 g/mol. The van der Waals surface area contributed by atoms with Crippen LogP contribution in [0.15, 0.2) is 0 Å². The van der Waals surface area contributed by atoms with E-state index in [2.05, 4.69) is 25.1 Å². The van der Waals surface area contributed by atoms with Crippen molar-refractivity contribution < 1.29 is 4.18 Å². The van der Waals surface area contributed by atoms with Crippen molar-refractivity contribution in [2.24, 2.45) is 0 Å². The Morgan fingerprint density at radius 1 is 1.44 bits per heavy atom. The van der Waals surface area contributed by atoms with Crippen molar-refractivity contribution in [3.63, 3.8) is 0 Å². The van der Waals surface area contributed by atoms with Gasteiger partial charge in [0.05, 0.1) is 18.8 Å². The van der Waals surface area contributed by atoms with Crippen LogP contribution in [-0.4, -0.2) is 23.0 Å². The Hall–Kier alpha value is 0.270. The maximum Gasteiger partial charge on any atom is 0.0825 e. The average molecular weight is 147 g/mol. The third-order valence-corrected chi connectivity index (χ3v) is 2.45. The first-order valence-electron chi connectivity index (χ1n) is 3.18. The minimum Gasteiger partial charge on any atom is -0.300 e. The summed E-state index contributed by atoms with van der Waals surface area (Å²) in [5.41, 5.74) is 0.251. The van der Waals surface area contributed by atoms with E-state index in [9.17, 15) is 0 Å². The second kappa shape index (κ2) is 2.48. The quantitative estimate of drug-likeness (QED) is 0.382. The highest BCUT2D eigenvalue weighted by molar-refractivity contribution is 7.92. The lowest BCUT2D eigenvalue weighted by Crippen LogP contribution is -2.34. The lowest BCUT2D eigenvalue weighted by Gasteiger charge is -2.27. The molecule has 0 saturated carbocycles. The van der Waals surface area contributed by atoms with Gasteiger partial charge in [0.25, 0.3) is 0 Å². The van der Waals surface area contributed by atoms with Gasteiger partial charge >= 0.3 is 0 Å². The molecule has 0 amide bonds. The van der Waals surface area contributed by atoms with Crippen LogP contribution in [0.25, 0.3) is 0 Å². The monoisotopic (exact) mass is 147 g/mol. The van der Waals surface area contributed by atoms with Crippen LogP contribution in [-0.2, 0) is 4.18 Å². The molecule has 0 aromatic carbocycles. The zero-order valence-electron chi connectivity index (χ0n) is 6.18. The Morgan fingerprint density at radius 3 is 2.33 bits per heavy atom. The minimum atomic E-state index is 0.251. The zero-order chi connectivity index (χ0) is 6.91. The first kappa shape index (κ1) is 7.38. The fraction of sp³-hybridized carbons (Fsp3) is 1.00. The molecule has 2 nitrogen and oxygen atoms in total. The van der Waals surface area contributed by atoms with Crippen LogP contribution < -0.4 is 0 Å². The molecule has 1 fully saturated rings. The number of rotatable bonds is 0. The summed E-state index contributed by atoms with van der Waals surface area (Å²) in [5.74, 6) is 0. The standard InChI is InChI=1S/C6H13NOS/c1-6(2,3)7-4-5-8-9-7/h4-5H2,1-3H3.